The molecule has 2 rings (SSSR count). The predicted molar refractivity (Wildman–Crippen MR) is 40.1 cm³/mol. The lowest BCUT2D eigenvalue weighted by atomic mass is 10.3. The Bertz CT molecular complexity index is 145. The quantitative estimate of drug-likeness (QED) is 0.412. The fourth-order valence-corrected chi connectivity index (χ4v) is 3.35. The predicted octanol–water partition coefficient (Wildman–Crippen LogP) is 1.29. The molecule has 0 unspecified atom stereocenters. The first-order valence-corrected chi connectivity index (χ1v) is 5.47. The standard InChI is InChI=1S/C5H6O3S2/c6-5-7-3-1-9-10-2-4(3)8-5/h3-4H,1-2H2/t3-,4-/m1/s1. The maximum atomic E-state index is 10.5. The molecule has 2 fully saturated rings. The zero-order valence-electron chi connectivity index (χ0n) is 5.11. The van der Waals surface area contributed by atoms with E-state index in [1.54, 1.807) is 21.6 Å². The summed E-state index contributed by atoms with van der Waals surface area (Å²) < 4.78 is 9.74. The normalized spacial score (nSPS) is 38.2. The van der Waals surface area contributed by atoms with Crippen molar-refractivity contribution in [2.45, 2.75) is 12.2 Å². The molecule has 0 bridgehead atoms. The summed E-state index contributed by atoms with van der Waals surface area (Å²) in [7, 11) is 3.47. The monoisotopic (exact) mass is 178 g/mol. The minimum Gasteiger partial charge on any atom is -0.426 e. The molecule has 2 heterocycles. The summed E-state index contributed by atoms with van der Waals surface area (Å²) in [5, 5.41) is 0. The lowest BCUT2D eigenvalue weighted by Crippen LogP contribution is -2.29. The summed E-state index contributed by atoms with van der Waals surface area (Å²) in [4.78, 5) is 10.5. The second-order valence-electron chi connectivity index (χ2n) is 2.13. The molecular weight excluding hydrogens is 172 g/mol. The van der Waals surface area contributed by atoms with Gasteiger partial charge in [0.1, 0.15) is 0 Å². The van der Waals surface area contributed by atoms with E-state index in [2.05, 4.69) is 0 Å². The molecule has 2 atom stereocenters. The molecule has 0 N–H and O–H groups in total. The number of hydrogen-bond acceptors (Lipinski definition) is 5. The molecule has 0 aliphatic carbocycles. The van der Waals surface area contributed by atoms with Gasteiger partial charge in [0.15, 0.2) is 12.2 Å². The zero-order valence-corrected chi connectivity index (χ0v) is 6.74. The van der Waals surface area contributed by atoms with Crippen LogP contribution in [0.1, 0.15) is 0 Å². The largest absolute Gasteiger partial charge is 0.509 e. The SMILES string of the molecule is O=C1O[C@@H]2CSSC[C@H]2O1. The fraction of sp³-hybridized carbons (Fsp3) is 0.800. The van der Waals surface area contributed by atoms with Gasteiger partial charge < -0.3 is 9.47 Å². The highest BCUT2D eigenvalue weighted by molar-refractivity contribution is 8.76. The van der Waals surface area contributed by atoms with Gasteiger partial charge in [-0.2, -0.15) is 0 Å². The van der Waals surface area contributed by atoms with Crippen LogP contribution in [-0.4, -0.2) is 29.9 Å². The second kappa shape index (κ2) is 2.54. The van der Waals surface area contributed by atoms with Crippen molar-refractivity contribution in [3.8, 4) is 0 Å². The van der Waals surface area contributed by atoms with Crippen molar-refractivity contribution in [1.82, 2.24) is 0 Å². The molecule has 0 saturated carbocycles. The van der Waals surface area contributed by atoms with Crippen molar-refractivity contribution in [3.63, 3.8) is 0 Å². The van der Waals surface area contributed by atoms with E-state index in [0.717, 1.165) is 11.5 Å². The molecule has 56 valence electrons. The van der Waals surface area contributed by atoms with E-state index in [0.29, 0.717) is 0 Å². The number of carbonyl (C=O) groups is 1. The highest BCUT2D eigenvalue weighted by Gasteiger charge is 2.38. The maximum Gasteiger partial charge on any atom is 0.509 e. The van der Waals surface area contributed by atoms with Gasteiger partial charge in [0.25, 0.3) is 0 Å². The average molecular weight is 178 g/mol. The van der Waals surface area contributed by atoms with Crippen LogP contribution in [0.4, 0.5) is 4.79 Å². The molecule has 2 aliphatic heterocycles. The van der Waals surface area contributed by atoms with Gasteiger partial charge in [-0.05, 0) is 0 Å². The van der Waals surface area contributed by atoms with Crippen LogP contribution in [0.15, 0.2) is 0 Å². The number of ether oxygens (including phenoxy) is 2. The van der Waals surface area contributed by atoms with Crippen molar-refractivity contribution in [2.75, 3.05) is 11.5 Å². The molecule has 2 saturated heterocycles. The van der Waals surface area contributed by atoms with Crippen molar-refractivity contribution in [2.24, 2.45) is 0 Å². The van der Waals surface area contributed by atoms with Crippen LogP contribution in [0, 0.1) is 0 Å². The summed E-state index contributed by atoms with van der Waals surface area (Å²) >= 11 is 0. The Labute approximate surface area is 66.2 Å². The fourth-order valence-electron chi connectivity index (χ4n) is 0.940. The number of rotatable bonds is 0. The molecule has 0 aromatic heterocycles. The van der Waals surface area contributed by atoms with Gasteiger partial charge in [-0.1, -0.05) is 21.6 Å². The molecule has 0 spiro atoms. The van der Waals surface area contributed by atoms with Gasteiger partial charge in [-0.15, -0.1) is 0 Å². The zero-order chi connectivity index (χ0) is 6.97. The number of carbonyl (C=O) groups excluding carboxylic acids is 1. The van der Waals surface area contributed by atoms with Crippen LogP contribution in [-0.2, 0) is 9.47 Å². The van der Waals surface area contributed by atoms with Crippen molar-refractivity contribution >= 4 is 27.7 Å². The third-order valence-corrected chi connectivity index (χ3v) is 3.87. The lowest BCUT2D eigenvalue weighted by Gasteiger charge is -2.18. The van der Waals surface area contributed by atoms with Crippen LogP contribution in [0.25, 0.3) is 0 Å². The van der Waals surface area contributed by atoms with E-state index in [-0.39, 0.29) is 12.2 Å². The highest BCUT2D eigenvalue weighted by Crippen LogP contribution is 2.35. The van der Waals surface area contributed by atoms with E-state index >= 15 is 0 Å². The molecule has 0 aromatic carbocycles. The van der Waals surface area contributed by atoms with E-state index in [4.69, 9.17) is 9.47 Å². The van der Waals surface area contributed by atoms with Gasteiger partial charge in [0, 0.05) is 11.5 Å². The van der Waals surface area contributed by atoms with E-state index in [9.17, 15) is 4.79 Å². The van der Waals surface area contributed by atoms with Crippen molar-refractivity contribution in [3.05, 3.63) is 0 Å². The Morgan fingerprint density at radius 2 is 1.70 bits per heavy atom. The third-order valence-electron chi connectivity index (χ3n) is 1.46. The molecule has 2 aliphatic rings. The van der Waals surface area contributed by atoms with Gasteiger partial charge >= 0.3 is 6.16 Å². The van der Waals surface area contributed by atoms with Crippen LogP contribution >= 0.6 is 21.6 Å². The minimum absolute atomic E-state index is 0.0127. The Hall–Kier alpha value is -0.0300. The van der Waals surface area contributed by atoms with Gasteiger partial charge in [0.05, 0.1) is 0 Å². The molecule has 10 heavy (non-hydrogen) atoms. The van der Waals surface area contributed by atoms with E-state index in [1.807, 2.05) is 0 Å². The molecule has 0 aromatic rings. The number of fused-ring (bicyclic) bond motifs is 1. The second-order valence-corrected chi connectivity index (χ2v) is 4.68. The van der Waals surface area contributed by atoms with Crippen molar-refractivity contribution in [1.29, 1.82) is 0 Å². The van der Waals surface area contributed by atoms with Gasteiger partial charge in [0.2, 0.25) is 0 Å². The number of hydrogen-bond donors (Lipinski definition) is 0. The highest BCUT2D eigenvalue weighted by atomic mass is 33.1. The summed E-state index contributed by atoms with van der Waals surface area (Å²) in [6, 6.07) is 0. The molecule has 5 heteroatoms. The topological polar surface area (TPSA) is 35.5 Å². The first-order chi connectivity index (χ1) is 4.86. The summed E-state index contributed by atoms with van der Waals surface area (Å²) in [5.41, 5.74) is 0. The molecular formula is C5H6O3S2. The van der Waals surface area contributed by atoms with Crippen molar-refractivity contribution < 1.29 is 14.3 Å². The first kappa shape index (κ1) is 6.67. The van der Waals surface area contributed by atoms with Crippen LogP contribution in [0.2, 0.25) is 0 Å². The lowest BCUT2D eigenvalue weighted by molar-refractivity contribution is 0.119. The molecule has 3 nitrogen and oxygen atoms in total. The van der Waals surface area contributed by atoms with Crippen LogP contribution in [0.5, 0.6) is 0 Å². The van der Waals surface area contributed by atoms with Gasteiger partial charge in [-0.3, -0.25) is 0 Å². The smallest absolute Gasteiger partial charge is 0.426 e. The average Bonchev–Trinajstić information content (AvgIpc) is 2.27. The minimum atomic E-state index is -0.502. The maximum absolute atomic E-state index is 10.5. The van der Waals surface area contributed by atoms with Crippen LogP contribution < -0.4 is 0 Å². The van der Waals surface area contributed by atoms with E-state index < -0.39 is 6.16 Å². The van der Waals surface area contributed by atoms with E-state index in [1.165, 1.54) is 0 Å². The van der Waals surface area contributed by atoms with Gasteiger partial charge in [-0.25, -0.2) is 4.79 Å². The summed E-state index contributed by atoms with van der Waals surface area (Å²) in [6.45, 7) is 0. The Kier molecular flexibility index (Phi) is 1.69. The Balaban J connectivity index is 2.04. The third kappa shape index (κ3) is 1.08. The summed E-state index contributed by atoms with van der Waals surface area (Å²) in [5.74, 6) is 1.72. The Morgan fingerprint density at radius 1 is 1.20 bits per heavy atom. The molecule has 0 amide bonds. The van der Waals surface area contributed by atoms with Crippen LogP contribution in [0.3, 0.4) is 0 Å². The Morgan fingerprint density at radius 3 is 2.20 bits per heavy atom. The first-order valence-electron chi connectivity index (χ1n) is 2.98. The molecule has 0 radical (unpaired) electrons. The summed E-state index contributed by atoms with van der Waals surface area (Å²) in [6.07, 6.45) is -0.476.